The summed E-state index contributed by atoms with van der Waals surface area (Å²) in [5, 5.41) is 12.2. The molecule has 33 heavy (non-hydrogen) atoms. The van der Waals surface area contributed by atoms with Crippen molar-refractivity contribution in [2.24, 2.45) is 0 Å². The van der Waals surface area contributed by atoms with Crippen molar-refractivity contribution < 1.29 is 14.4 Å². The number of nitrogens with zero attached hydrogens (tertiary/aromatic N) is 7. The molecular formula is C22H25N7O4. The van der Waals surface area contributed by atoms with Gasteiger partial charge in [0.2, 0.25) is 0 Å². The number of fused-ring (bicyclic) bond motifs is 1. The molecule has 11 heteroatoms. The largest absolute Gasteiger partial charge is 0.493 e. The lowest BCUT2D eigenvalue weighted by Crippen LogP contribution is -2.49. The van der Waals surface area contributed by atoms with Crippen molar-refractivity contribution in [1.82, 2.24) is 19.9 Å². The Morgan fingerprint density at radius 3 is 2.39 bits per heavy atom. The van der Waals surface area contributed by atoms with E-state index < -0.39 is 4.92 Å². The average molecular weight is 451 g/mol. The Hall–Kier alpha value is -4.15. The number of ether oxygens (including phenoxy) is 2. The minimum absolute atomic E-state index is 0.420. The van der Waals surface area contributed by atoms with Gasteiger partial charge in [0, 0.05) is 62.8 Å². The number of anilines is 2. The number of methoxy groups -OCH3 is 2. The van der Waals surface area contributed by atoms with Crippen LogP contribution in [0.15, 0.2) is 55.0 Å². The van der Waals surface area contributed by atoms with Gasteiger partial charge in [-0.05, 0) is 18.2 Å². The van der Waals surface area contributed by atoms with Crippen LogP contribution < -0.4 is 19.3 Å². The Kier molecular flexibility index (Phi) is 6.38. The van der Waals surface area contributed by atoms with Gasteiger partial charge in [0.1, 0.15) is 12.1 Å². The summed E-state index contributed by atoms with van der Waals surface area (Å²) in [4.78, 5) is 29.8. The summed E-state index contributed by atoms with van der Waals surface area (Å²) in [6.07, 6.45) is 5.91. The lowest BCUT2D eigenvalue weighted by atomic mass is 10.2. The van der Waals surface area contributed by atoms with Gasteiger partial charge in [0.25, 0.3) is 6.20 Å². The molecule has 0 aliphatic carbocycles. The van der Waals surface area contributed by atoms with E-state index in [4.69, 9.17) is 9.47 Å². The number of hydrogen-bond acceptors (Lipinski definition) is 10. The average Bonchev–Trinajstić information content (AvgIpc) is 2.86. The third-order valence-corrected chi connectivity index (χ3v) is 5.64. The van der Waals surface area contributed by atoms with Crippen molar-refractivity contribution >= 4 is 22.4 Å². The third-order valence-electron chi connectivity index (χ3n) is 5.64. The number of hydrogen-bond donors (Lipinski definition) is 0. The molecule has 1 aliphatic heterocycles. The van der Waals surface area contributed by atoms with Crippen LogP contribution in [0.25, 0.3) is 10.9 Å². The molecule has 1 saturated heterocycles. The van der Waals surface area contributed by atoms with E-state index in [-0.39, 0.29) is 0 Å². The molecule has 0 unspecified atom stereocenters. The Bertz CT molecular complexity index is 1160. The van der Waals surface area contributed by atoms with Crippen LogP contribution in [0.3, 0.4) is 0 Å². The molecule has 1 aromatic carbocycles. The lowest BCUT2D eigenvalue weighted by Gasteiger charge is -2.39. The van der Waals surface area contributed by atoms with E-state index >= 15 is 0 Å². The maximum absolute atomic E-state index is 11.3. The van der Waals surface area contributed by atoms with Crippen LogP contribution in [-0.4, -0.2) is 72.2 Å². The first kappa shape index (κ1) is 22.1. The van der Waals surface area contributed by atoms with Crippen molar-refractivity contribution in [3.8, 4) is 11.5 Å². The second-order valence-corrected chi connectivity index (χ2v) is 7.43. The van der Waals surface area contributed by atoms with Crippen LogP contribution in [0.1, 0.15) is 0 Å². The lowest BCUT2D eigenvalue weighted by molar-refractivity contribution is -0.404. The maximum atomic E-state index is 11.3. The minimum Gasteiger partial charge on any atom is -0.493 e. The van der Waals surface area contributed by atoms with Crippen molar-refractivity contribution in [1.29, 1.82) is 0 Å². The maximum Gasteiger partial charge on any atom is 0.274 e. The summed E-state index contributed by atoms with van der Waals surface area (Å²) in [5.74, 6) is 2.52. The monoisotopic (exact) mass is 451 g/mol. The van der Waals surface area contributed by atoms with Crippen LogP contribution in [0.4, 0.5) is 11.5 Å². The Labute approximate surface area is 191 Å². The fraction of sp³-hybridized carbons (Fsp3) is 0.318. The summed E-state index contributed by atoms with van der Waals surface area (Å²) in [7, 11) is 4.99. The topological polar surface area (TPSA) is 110 Å². The van der Waals surface area contributed by atoms with Gasteiger partial charge in [-0.3, -0.25) is 15.1 Å². The van der Waals surface area contributed by atoms with E-state index in [1.54, 1.807) is 31.5 Å². The second-order valence-electron chi connectivity index (χ2n) is 7.43. The Morgan fingerprint density at radius 1 is 1.09 bits per heavy atom. The standard InChI is InChI=1S/C22H25N7O4/c1-26(16-4-6-23-7-5-16)21(14-29(30)31)27-8-10-28(11-9-27)22-17-12-19(32-2)20(33-3)13-18(17)24-15-25-22/h4-7,12-15H,8-11H2,1-3H3/b21-14+. The van der Waals surface area contributed by atoms with Crippen molar-refractivity contribution in [2.75, 3.05) is 57.2 Å². The van der Waals surface area contributed by atoms with Crippen molar-refractivity contribution in [3.63, 3.8) is 0 Å². The van der Waals surface area contributed by atoms with Gasteiger partial charge in [-0.15, -0.1) is 0 Å². The highest BCUT2D eigenvalue weighted by atomic mass is 16.6. The zero-order valence-corrected chi connectivity index (χ0v) is 18.7. The zero-order valence-electron chi connectivity index (χ0n) is 18.7. The molecule has 0 radical (unpaired) electrons. The van der Waals surface area contributed by atoms with Crippen molar-refractivity contribution in [3.05, 3.63) is 65.1 Å². The predicted octanol–water partition coefficient (Wildman–Crippen LogP) is 2.38. The van der Waals surface area contributed by atoms with E-state index in [1.807, 2.05) is 36.2 Å². The van der Waals surface area contributed by atoms with Crippen LogP contribution >= 0.6 is 0 Å². The molecule has 0 saturated carbocycles. The smallest absolute Gasteiger partial charge is 0.274 e. The van der Waals surface area contributed by atoms with Gasteiger partial charge in [-0.2, -0.15) is 0 Å². The van der Waals surface area contributed by atoms with Gasteiger partial charge < -0.3 is 24.2 Å². The van der Waals surface area contributed by atoms with E-state index in [0.29, 0.717) is 43.5 Å². The number of nitro groups is 1. The van der Waals surface area contributed by atoms with Crippen LogP contribution in [0.2, 0.25) is 0 Å². The molecule has 11 nitrogen and oxygen atoms in total. The highest BCUT2D eigenvalue weighted by Crippen LogP contribution is 2.35. The van der Waals surface area contributed by atoms with Gasteiger partial charge in [-0.1, -0.05) is 0 Å². The first-order valence-electron chi connectivity index (χ1n) is 10.4. The molecule has 0 N–H and O–H groups in total. The highest BCUT2D eigenvalue weighted by Gasteiger charge is 2.26. The number of piperazine rings is 1. The van der Waals surface area contributed by atoms with Crippen LogP contribution in [0.5, 0.6) is 11.5 Å². The molecule has 3 heterocycles. The summed E-state index contributed by atoms with van der Waals surface area (Å²) >= 11 is 0. The van der Waals surface area contributed by atoms with E-state index in [0.717, 1.165) is 28.6 Å². The first-order valence-corrected chi connectivity index (χ1v) is 10.4. The Balaban J connectivity index is 1.58. The van der Waals surface area contributed by atoms with E-state index in [1.165, 1.54) is 6.33 Å². The predicted molar refractivity (Wildman–Crippen MR) is 124 cm³/mol. The molecule has 4 rings (SSSR count). The second kappa shape index (κ2) is 9.55. The molecule has 0 amide bonds. The summed E-state index contributed by atoms with van der Waals surface area (Å²) in [6, 6.07) is 7.35. The molecule has 172 valence electrons. The molecule has 3 aromatic rings. The summed E-state index contributed by atoms with van der Waals surface area (Å²) < 4.78 is 10.8. The number of aromatic nitrogens is 3. The fourth-order valence-corrected chi connectivity index (χ4v) is 3.94. The SMILES string of the molecule is COc1cc2ncnc(N3CCN(/C(=C/[N+](=O)[O-])N(C)c4ccncc4)CC3)c2cc1OC. The summed E-state index contributed by atoms with van der Waals surface area (Å²) in [6.45, 7) is 2.46. The van der Waals surface area contributed by atoms with Gasteiger partial charge >= 0.3 is 0 Å². The zero-order chi connectivity index (χ0) is 23.4. The van der Waals surface area contributed by atoms with Gasteiger partial charge in [0.15, 0.2) is 17.3 Å². The summed E-state index contributed by atoms with van der Waals surface area (Å²) in [5.41, 5.74) is 1.58. The quantitative estimate of drug-likeness (QED) is 0.392. The Morgan fingerprint density at radius 2 is 1.76 bits per heavy atom. The van der Waals surface area contributed by atoms with Crippen molar-refractivity contribution in [2.45, 2.75) is 0 Å². The number of pyridine rings is 1. The normalized spacial score (nSPS) is 14.3. The highest BCUT2D eigenvalue weighted by molar-refractivity contribution is 5.92. The van der Waals surface area contributed by atoms with Gasteiger partial charge in [0.05, 0.1) is 24.7 Å². The van der Waals surface area contributed by atoms with Crippen LogP contribution in [-0.2, 0) is 0 Å². The van der Waals surface area contributed by atoms with Gasteiger partial charge in [-0.25, -0.2) is 9.97 Å². The molecule has 1 aliphatic rings. The first-order chi connectivity index (χ1) is 16.0. The molecule has 2 aromatic heterocycles. The minimum atomic E-state index is -0.420. The molecule has 0 atom stereocenters. The van der Waals surface area contributed by atoms with E-state index in [9.17, 15) is 10.1 Å². The number of rotatable bonds is 7. The molecule has 0 bridgehead atoms. The molecular weight excluding hydrogens is 426 g/mol. The fourth-order valence-electron chi connectivity index (χ4n) is 3.94. The molecule has 1 fully saturated rings. The van der Waals surface area contributed by atoms with Crippen LogP contribution in [0, 0.1) is 10.1 Å². The number of benzene rings is 1. The van der Waals surface area contributed by atoms with E-state index in [2.05, 4.69) is 19.9 Å². The molecule has 0 spiro atoms. The third kappa shape index (κ3) is 4.56.